The van der Waals surface area contributed by atoms with Gasteiger partial charge in [-0.1, -0.05) is 6.07 Å². The zero-order valence-corrected chi connectivity index (χ0v) is 13.2. The molecule has 1 aromatic heterocycles. The average molecular weight is 314 g/mol. The first-order valence-electron chi connectivity index (χ1n) is 7.24. The number of anilines is 2. The second-order valence-corrected chi connectivity index (χ2v) is 5.53. The first kappa shape index (κ1) is 15.1. The van der Waals surface area contributed by atoms with E-state index in [2.05, 4.69) is 5.10 Å². The van der Waals surface area contributed by atoms with E-state index in [-0.39, 0.29) is 18.2 Å². The minimum Gasteiger partial charge on any atom is -0.497 e. The van der Waals surface area contributed by atoms with Crippen molar-refractivity contribution in [3.05, 3.63) is 35.5 Å². The molecule has 7 heteroatoms. The number of methoxy groups -OCH3 is 1. The lowest BCUT2D eigenvalue weighted by molar-refractivity contribution is -0.121. The number of nitrogens with two attached hydrogens (primary N) is 1. The number of ether oxygens (including phenoxy) is 1. The number of hydrogen-bond acceptors (Lipinski definition) is 5. The van der Waals surface area contributed by atoms with E-state index < -0.39 is 5.92 Å². The summed E-state index contributed by atoms with van der Waals surface area (Å²) in [6.45, 7) is 1.79. The van der Waals surface area contributed by atoms with Crippen molar-refractivity contribution >= 4 is 23.3 Å². The highest BCUT2D eigenvalue weighted by Crippen LogP contribution is 2.37. The van der Waals surface area contributed by atoms with Crippen LogP contribution in [-0.2, 0) is 16.6 Å². The van der Waals surface area contributed by atoms with Crippen molar-refractivity contribution in [2.45, 2.75) is 19.3 Å². The Labute approximate surface area is 133 Å². The number of carbonyl (C=O) groups excluding carboxylic acids is 2. The molecule has 2 heterocycles. The van der Waals surface area contributed by atoms with Gasteiger partial charge in [0.15, 0.2) is 0 Å². The lowest BCUT2D eigenvalue weighted by atomic mass is 9.97. The zero-order valence-electron chi connectivity index (χ0n) is 13.2. The molecule has 120 valence electrons. The third kappa shape index (κ3) is 2.34. The summed E-state index contributed by atoms with van der Waals surface area (Å²) in [4.78, 5) is 26.4. The van der Waals surface area contributed by atoms with Gasteiger partial charge in [-0.2, -0.15) is 5.10 Å². The number of nitrogens with zero attached hydrogens (tertiary/aromatic N) is 3. The van der Waals surface area contributed by atoms with Crippen LogP contribution < -0.4 is 15.4 Å². The first-order chi connectivity index (χ1) is 10.9. The van der Waals surface area contributed by atoms with Gasteiger partial charge >= 0.3 is 0 Å². The van der Waals surface area contributed by atoms with Crippen LogP contribution in [0.15, 0.2) is 24.3 Å². The van der Waals surface area contributed by atoms with E-state index in [0.29, 0.717) is 28.5 Å². The molecule has 1 saturated heterocycles. The van der Waals surface area contributed by atoms with Gasteiger partial charge in [-0.05, 0) is 19.1 Å². The van der Waals surface area contributed by atoms with E-state index in [0.717, 1.165) is 0 Å². The summed E-state index contributed by atoms with van der Waals surface area (Å²) in [5.74, 6) is -0.130. The molecule has 0 saturated carbocycles. The highest BCUT2D eigenvalue weighted by atomic mass is 16.5. The standard InChI is InChI=1S/C16H18N4O3/c1-9-14(15(17)19(2)18-9)12-8-13(21)20(16(12)22)10-5-4-6-11(7-10)23-3/h4-7,12H,8,17H2,1-3H3. The van der Waals surface area contributed by atoms with Crippen molar-refractivity contribution in [1.29, 1.82) is 0 Å². The number of amides is 2. The molecule has 1 aromatic carbocycles. The molecule has 3 rings (SSSR count). The number of imide groups is 1. The number of carbonyl (C=O) groups is 2. The van der Waals surface area contributed by atoms with E-state index in [1.54, 1.807) is 38.2 Å². The fourth-order valence-electron chi connectivity index (χ4n) is 3.00. The monoisotopic (exact) mass is 314 g/mol. The van der Waals surface area contributed by atoms with Gasteiger partial charge in [0.2, 0.25) is 11.8 Å². The maximum Gasteiger partial charge on any atom is 0.242 e. The lowest BCUT2D eigenvalue weighted by Gasteiger charge is -2.16. The largest absolute Gasteiger partial charge is 0.497 e. The molecule has 23 heavy (non-hydrogen) atoms. The third-order valence-corrected chi connectivity index (χ3v) is 4.12. The average Bonchev–Trinajstić information content (AvgIpc) is 2.95. The second-order valence-electron chi connectivity index (χ2n) is 5.53. The maximum atomic E-state index is 12.8. The second kappa shape index (κ2) is 5.42. The molecular weight excluding hydrogens is 296 g/mol. The molecule has 2 amide bonds. The van der Waals surface area contributed by atoms with E-state index in [1.165, 1.54) is 16.7 Å². The minimum atomic E-state index is -0.595. The normalized spacial score (nSPS) is 17.9. The van der Waals surface area contributed by atoms with Gasteiger partial charge in [0, 0.05) is 25.1 Å². The summed E-state index contributed by atoms with van der Waals surface area (Å²) in [6, 6.07) is 6.87. The van der Waals surface area contributed by atoms with Crippen LogP contribution in [0.2, 0.25) is 0 Å². The summed E-state index contributed by atoms with van der Waals surface area (Å²) in [5, 5.41) is 4.23. The molecule has 0 radical (unpaired) electrons. The van der Waals surface area contributed by atoms with Crippen LogP contribution in [0.1, 0.15) is 23.6 Å². The molecule has 0 spiro atoms. The van der Waals surface area contributed by atoms with Crippen LogP contribution >= 0.6 is 0 Å². The van der Waals surface area contributed by atoms with Crippen LogP contribution in [0, 0.1) is 6.92 Å². The van der Waals surface area contributed by atoms with E-state index in [9.17, 15) is 9.59 Å². The Morgan fingerprint density at radius 2 is 2.09 bits per heavy atom. The van der Waals surface area contributed by atoms with Crippen LogP contribution in [-0.4, -0.2) is 28.7 Å². The van der Waals surface area contributed by atoms with Crippen LogP contribution in [0.5, 0.6) is 5.75 Å². The number of benzene rings is 1. The molecule has 1 unspecified atom stereocenters. The number of rotatable bonds is 3. The van der Waals surface area contributed by atoms with E-state index >= 15 is 0 Å². The molecule has 2 N–H and O–H groups in total. The van der Waals surface area contributed by atoms with Crippen molar-refractivity contribution < 1.29 is 14.3 Å². The summed E-state index contributed by atoms with van der Waals surface area (Å²) in [6.07, 6.45) is 0.0901. The van der Waals surface area contributed by atoms with Crippen LogP contribution in [0.25, 0.3) is 0 Å². The van der Waals surface area contributed by atoms with Crippen molar-refractivity contribution in [1.82, 2.24) is 9.78 Å². The van der Waals surface area contributed by atoms with Gasteiger partial charge in [0.1, 0.15) is 11.6 Å². The SMILES string of the molecule is COc1cccc(N2C(=O)CC(c3c(C)nn(C)c3N)C2=O)c1. The Balaban J connectivity index is 2.00. The van der Waals surface area contributed by atoms with Crippen molar-refractivity contribution in [2.24, 2.45) is 7.05 Å². The van der Waals surface area contributed by atoms with Crippen LogP contribution in [0.3, 0.4) is 0 Å². The predicted molar refractivity (Wildman–Crippen MR) is 85.2 cm³/mol. The molecular formula is C16H18N4O3. The Bertz CT molecular complexity index is 797. The number of nitrogen functional groups attached to an aromatic ring is 1. The van der Waals surface area contributed by atoms with Crippen molar-refractivity contribution in [3.63, 3.8) is 0 Å². The predicted octanol–water partition coefficient (Wildman–Crippen LogP) is 1.37. The maximum absolute atomic E-state index is 12.8. The molecule has 0 aliphatic carbocycles. The van der Waals surface area contributed by atoms with E-state index in [4.69, 9.17) is 10.5 Å². The Hall–Kier alpha value is -2.83. The highest BCUT2D eigenvalue weighted by Gasteiger charge is 2.42. The number of aryl methyl sites for hydroxylation is 2. The van der Waals surface area contributed by atoms with Gasteiger partial charge in [-0.3, -0.25) is 14.3 Å². The van der Waals surface area contributed by atoms with Gasteiger partial charge in [-0.15, -0.1) is 0 Å². The summed E-state index contributed by atoms with van der Waals surface area (Å²) >= 11 is 0. The Morgan fingerprint density at radius 3 is 2.70 bits per heavy atom. The molecule has 1 aliphatic heterocycles. The molecule has 2 aromatic rings. The number of aromatic nitrogens is 2. The summed E-state index contributed by atoms with van der Waals surface area (Å²) in [5.41, 5.74) is 7.83. The molecule has 1 fully saturated rings. The fourth-order valence-corrected chi connectivity index (χ4v) is 3.00. The third-order valence-electron chi connectivity index (χ3n) is 4.12. The van der Waals surface area contributed by atoms with Gasteiger partial charge in [-0.25, -0.2) is 4.90 Å². The first-order valence-corrected chi connectivity index (χ1v) is 7.24. The Kier molecular flexibility index (Phi) is 3.55. The highest BCUT2D eigenvalue weighted by molar-refractivity contribution is 6.23. The fraction of sp³-hybridized carbons (Fsp3) is 0.312. The number of hydrogen-bond donors (Lipinski definition) is 1. The molecule has 1 aliphatic rings. The van der Waals surface area contributed by atoms with Gasteiger partial charge < -0.3 is 10.5 Å². The zero-order chi connectivity index (χ0) is 16.7. The van der Waals surface area contributed by atoms with Crippen molar-refractivity contribution in [2.75, 3.05) is 17.7 Å². The quantitative estimate of drug-likeness (QED) is 0.864. The van der Waals surface area contributed by atoms with Crippen molar-refractivity contribution in [3.8, 4) is 5.75 Å². The van der Waals surface area contributed by atoms with Crippen LogP contribution in [0.4, 0.5) is 11.5 Å². The molecule has 0 bridgehead atoms. The Morgan fingerprint density at radius 1 is 1.35 bits per heavy atom. The van der Waals surface area contributed by atoms with Gasteiger partial charge in [0.05, 0.1) is 24.4 Å². The summed E-state index contributed by atoms with van der Waals surface area (Å²) in [7, 11) is 3.25. The van der Waals surface area contributed by atoms with Gasteiger partial charge in [0.25, 0.3) is 0 Å². The topological polar surface area (TPSA) is 90.4 Å². The molecule has 1 atom stereocenters. The smallest absolute Gasteiger partial charge is 0.242 e. The molecule has 7 nitrogen and oxygen atoms in total. The lowest BCUT2D eigenvalue weighted by Crippen LogP contribution is -2.30. The minimum absolute atomic E-state index is 0.0901. The summed E-state index contributed by atoms with van der Waals surface area (Å²) < 4.78 is 6.68. The van der Waals surface area contributed by atoms with E-state index in [1.807, 2.05) is 0 Å².